The van der Waals surface area contributed by atoms with Crippen molar-refractivity contribution in [2.24, 2.45) is 0 Å². The molecular formula is C13H18FN3O3. The smallest absolute Gasteiger partial charge is 0.238 e. The fourth-order valence-corrected chi connectivity index (χ4v) is 2.08. The highest BCUT2D eigenvalue weighted by atomic mass is 19.1. The van der Waals surface area contributed by atoms with Gasteiger partial charge >= 0.3 is 0 Å². The average molecular weight is 283 g/mol. The molecule has 0 spiro atoms. The number of carbonyl (C=O) groups excluding carboxylic acids is 1. The molecule has 0 saturated carbocycles. The third-order valence-electron chi connectivity index (χ3n) is 3.20. The summed E-state index contributed by atoms with van der Waals surface area (Å²) in [7, 11) is 0. The molecule has 0 radical (unpaired) electrons. The summed E-state index contributed by atoms with van der Waals surface area (Å²) in [5, 5.41) is 11.8. The van der Waals surface area contributed by atoms with E-state index in [2.05, 4.69) is 5.32 Å². The summed E-state index contributed by atoms with van der Waals surface area (Å²) < 4.78 is 18.3. The van der Waals surface area contributed by atoms with Crippen molar-refractivity contribution in [2.45, 2.75) is 6.04 Å². The van der Waals surface area contributed by atoms with Gasteiger partial charge in [-0.15, -0.1) is 0 Å². The van der Waals surface area contributed by atoms with Crippen LogP contribution in [0.15, 0.2) is 18.2 Å². The lowest BCUT2D eigenvalue weighted by atomic mass is 10.2. The molecule has 0 bridgehead atoms. The molecule has 1 aromatic carbocycles. The van der Waals surface area contributed by atoms with Crippen LogP contribution >= 0.6 is 0 Å². The van der Waals surface area contributed by atoms with E-state index in [9.17, 15) is 14.3 Å². The van der Waals surface area contributed by atoms with E-state index in [0.29, 0.717) is 25.4 Å². The van der Waals surface area contributed by atoms with Crippen LogP contribution in [0.2, 0.25) is 0 Å². The molecule has 2 rings (SSSR count). The highest BCUT2D eigenvalue weighted by molar-refractivity contribution is 5.95. The quantitative estimate of drug-likeness (QED) is 0.679. The monoisotopic (exact) mass is 283 g/mol. The summed E-state index contributed by atoms with van der Waals surface area (Å²) in [5.41, 5.74) is 6.23. The number of nitrogens with two attached hydrogens (primary N) is 1. The summed E-state index contributed by atoms with van der Waals surface area (Å²) in [5.74, 6) is -0.767. The number of carbonyl (C=O) groups is 1. The largest absolute Gasteiger partial charge is 0.397 e. The fraction of sp³-hybridized carbons (Fsp3) is 0.462. The van der Waals surface area contributed by atoms with Gasteiger partial charge in [0.2, 0.25) is 5.91 Å². The SMILES string of the molecule is Nc1ccc(F)cc1NC(=O)CN1CCOCC1CO. The molecule has 110 valence electrons. The lowest BCUT2D eigenvalue weighted by molar-refractivity contribution is -0.120. The molecule has 7 heteroatoms. The Morgan fingerprint density at radius 2 is 2.40 bits per heavy atom. The van der Waals surface area contributed by atoms with Crippen molar-refractivity contribution in [1.29, 1.82) is 0 Å². The van der Waals surface area contributed by atoms with Crippen molar-refractivity contribution in [3.05, 3.63) is 24.0 Å². The highest BCUT2D eigenvalue weighted by Crippen LogP contribution is 2.19. The van der Waals surface area contributed by atoms with Crippen LogP contribution < -0.4 is 11.1 Å². The maximum atomic E-state index is 13.1. The van der Waals surface area contributed by atoms with Crippen LogP contribution in [0.3, 0.4) is 0 Å². The zero-order chi connectivity index (χ0) is 14.5. The molecular weight excluding hydrogens is 265 g/mol. The summed E-state index contributed by atoms with van der Waals surface area (Å²) in [6.07, 6.45) is 0. The topological polar surface area (TPSA) is 87.8 Å². The number of ether oxygens (including phenoxy) is 1. The number of halogens is 1. The zero-order valence-electron chi connectivity index (χ0n) is 11.0. The van der Waals surface area contributed by atoms with Crippen molar-refractivity contribution in [1.82, 2.24) is 4.90 Å². The lowest BCUT2D eigenvalue weighted by Crippen LogP contribution is -2.50. The normalized spacial score (nSPS) is 19.8. The van der Waals surface area contributed by atoms with Gasteiger partial charge in [0.1, 0.15) is 5.82 Å². The number of hydrogen-bond donors (Lipinski definition) is 3. The van der Waals surface area contributed by atoms with Crippen LogP contribution in [-0.2, 0) is 9.53 Å². The van der Waals surface area contributed by atoms with Gasteiger partial charge in [-0.2, -0.15) is 0 Å². The number of aliphatic hydroxyl groups is 1. The molecule has 1 amide bonds. The second-order valence-corrected chi connectivity index (χ2v) is 4.66. The number of nitrogens with one attached hydrogen (secondary N) is 1. The molecule has 1 heterocycles. The van der Waals surface area contributed by atoms with E-state index in [-0.39, 0.29) is 30.8 Å². The van der Waals surface area contributed by atoms with Crippen LogP contribution in [0, 0.1) is 5.82 Å². The molecule has 1 unspecified atom stereocenters. The van der Waals surface area contributed by atoms with Crippen LogP contribution in [0.1, 0.15) is 0 Å². The Labute approximate surface area is 116 Å². The molecule has 1 aliphatic heterocycles. The van der Waals surface area contributed by atoms with Gasteiger partial charge in [0, 0.05) is 6.54 Å². The predicted molar refractivity (Wildman–Crippen MR) is 72.7 cm³/mol. The number of morpholine rings is 1. The van der Waals surface area contributed by atoms with Gasteiger partial charge in [-0.1, -0.05) is 0 Å². The lowest BCUT2D eigenvalue weighted by Gasteiger charge is -2.33. The molecule has 1 saturated heterocycles. The number of hydrogen-bond acceptors (Lipinski definition) is 5. The third-order valence-corrected chi connectivity index (χ3v) is 3.20. The van der Waals surface area contributed by atoms with Gasteiger partial charge in [-0.3, -0.25) is 9.69 Å². The van der Waals surface area contributed by atoms with E-state index in [0.717, 1.165) is 0 Å². The number of nitrogens with zero attached hydrogens (tertiary/aromatic N) is 1. The molecule has 0 aliphatic carbocycles. The molecule has 20 heavy (non-hydrogen) atoms. The van der Waals surface area contributed by atoms with E-state index in [1.807, 2.05) is 4.90 Å². The number of nitrogen functional groups attached to an aromatic ring is 1. The third kappa shape index (κ3) is 3.66. The van der Waals surface area contributed by atoms with Crippen molar-refractivity contribution < 1.29 is 19.0 Å². The Morgan fingerprint density at radius 1 is 1.60 bits per heavy atom. The van der Waals surface area contributed by atoms with Gasteiger partial charge in [0.15, 0.2) is 0 Å². The average Bonchev–Trinajstić information content (AvgIpc) is 2.43. The van der Waals surface area contributed by atoms with Crippen LogP contribution in [-0.4, -0.2) is 54.9 Å². The first kappa shape index (κ1) is 14.7. The van der Waals surface area contributed by atoms with Gasteiger partial charge < -0.3 is 20.9 Å². The molecule has 1 aromatic rings. The van der Waals surface area contributed by atoms with Gasteiger partial charge in [-0.25, -0.2) is 4.39 Å². The van der Waals surface area contributed by atoms with E-state index < -0.39 is 5.82 Å². The Morgan fingerprint density at radius 3 is 3.15 bits per heavy atom. The second-order valence-electron chi connectivity index (χ2n) is 4.66. The molecule has 1 aliphatic rings. The highest BCUT2D eigenvalue weighted by Gasteiger charge is 2.24. The number of benzene rings is 1. The Bertz CT molecular complexity index is 484. The Hall–Kier alpha value is -1.70. The summed E-state index contributed by atoms with van der Waals surface area (Å²) in [4.78, 5) is 13.8. The van der Waals surface area contributed by atoms with E-state index >= 15 is 0 Å². The first-order valence-electron chi connectivity index (χ1n) is 6.37. The van der Waals surface area contributed by atoms with Gasteiger partial charge in [0.05, 0.1) is 43.8 Å². The number of amides is 1. The van der Waals surface area contributed by atoms with Gasteiger partial charge in [0.25, 0.3) is 0 Å². The summed E-state index contributed by atoms with van der Waals surface area (Å²) >= 11 is 0. The maximum absolute atomic E-state index is 13.1. The molecule has 6 nitrogen and oxygen atoms in total. The van der Waals surface area contributed by atoms with Crippen molar-refractivity contribution in [3.8, 4) is 0 Å². The van der Waals surface area contributed by atoms with E-state index in [1.54, 1.807) is 0 Å². The van der Waals surface area contributed by atoms with E-state index in [4.69, 9.17) is 10.5 Å². The minimum absolute atomic E-state index is 0.0740. The standard InChI is InChI=1S/C13H18FN3O3/c14-9-1-2-11(15)12(5-9)16-13(19)6-17-3-4-20-8-10(17)7-18/h1-2,5,10,18H,3-4,6-8,15H2,(H,16,19). The zero-order valence-corrected chi connectivity index (χ0v) is 11.0. The minimum Gasteiger partial charge on any atom is -0.397 e. The Kier molecular flexibility index (Phi) is 4.89. The van der Waals surface area contributed by atoms with Crippen molar-refractivity contribution in [2.75, 3.05) is 44.0 Å². The van der Waals surface area contributed by atoms with Crippen LogP contribution in [0.4, 0.5) is 15.8 Å². The summed E-state index contributed by atoms with van der Waals surface area (Å²) in [6, 6.07) is 3.61. The van der Waals surface area contributed by atoms with Crippen LogP contribution in [0.5, 0.6) is 0 Å². The van der Waals surface area contributed by atoms with Gasteiger partial charge in [-0.05, 0) is 18.2 Å². The molecule has 4 N–H and O–H groups in total. The van der Waals surface area contributed by atoms with Crippen molar-refractivity contribution in [3.63, 3.8) is 0 Å². The number of rotatable bonds is 4. The number of anilines is 2. The predicted octanol–water partition coefficient (Wildman–Crippen LogP) is 0.0395. The Balaban J connectivity index is 1.96. The maximum Gasteiger partial charge on any atom is 0.238 e. The van der Waals surface area contributed by atoms with Crippen molar-refractivity contribution >= 4 is 17.3 Å². The molecule has 0 aromatic heterocycles. The fourth-order valence-electron chi connectivity index (χ4n) is 2.08. The van der Waals surface area contributed by atoms with E-state index in [1.165, 1.54) is 18.2 Å². The summed E-state index contributed by atoms with van der Waals surface area (Å²) in [6.45, 7) is 1.51. The number of aliphatic hydroxyl groups excluding tert-OH is 1. The first-order valence-corrected chi connectivity index (χ1v) is 6.37. The molecule has 1 fully saturated rings. The van der Waals surface area contributed by atoms with Crippen LogP contribution in [0.25, 0.3) is 0 Å². The minimum atomic E-state index is -0.464. The second kappa shape index (κ2) is 6.65. The first-order chi connectivity index (χ1) is 9.60. The molecule has 1 atom stereocenters.